The van der Waals surface area contributed by atoms with Crippen LogP contribution < -0.4 is 0 Å². The van der Waals surface area contributed by atoms with Gasteiger partial charge in [0.05, 0.1) is 0 Å². The topological polar surface area (TPSA) is 20.3 Å². The van der Waals surface area contributed by atoms with Gasteiger partial charge in [-0.05, 0) is 25.2 Å². The third-order valence-corrected chi connectivity index (χ3v) is 3.41. The molecular formula is C10H17NO. The fourth-order valence-corrected chi connectivity index (χ4v) is 2.54. The molecule has 0 unspecified atom stereocenters. The molecule has 0 saturated carbocycles. The predicted molar refractivity (Wildman–Crippen MR) is 47.8 cm³/mol. The highest BCUT2D eigenvalue weighted by Gasteiger charge is 2.35. The summed E-state index contributed by atoms with van der Waals surface area (Å²) in [6.45, 7) is 3.29. The largest absolute Gasteiger partial charge is 0.340 e. The summed E-state index contributed by atoms with van der Waals surface area (Å²) < 4.78 is 0. The van der Waals surface area contributed by atoms with Crippen molar-refractivity contribution in [2.24, 2.45) is 5.92 Å². The zero-order valence-corrected chi connectivity index (χ0v) is 7.75. The first-order chi connectivity index (χ1) is 5.81. The summed E-state index contributed by atoms with van der Waals surface area (Å²) in [6, 6.07) is 0.608. The lowest BCUT2D eigenvalue weighted by Crippen LogP contribution is -2.40. The number of amides is 1. The molecular weight excluding hydrogens is 150 g/mol. The van der Waals surface area contributed by atoms with E-state index >= 15 is 0 Å². The van der Waals surface area contributed by atoms with Gasteiger partial charge in [0, 0.05) is 19.0 Å². The van der Waals surface area contributed by atoms with Crippen LogP contribution >= 0.6 is 0 Å². The fourth-order valence-electron chi connectivity index (χ4n) is 2.54. The van der Waals surface area contributed by atoms with Gasteiger partial charge in [-0.15, -0.1) is 0 Å². The summed E-state index contributed by atoms with van der Waals surface area (Å²) in [4.78, 5) is 13.4. The molecule has 0 N–H and O–H groups in total. The Balaban J connectivity index is 1.99. The van der Waals surface area contributed by atoms with Crippen molar-refractivity contribution in [1.29, 1.82) is 0 Å². The summed E-state index contributed by atoms with van der Waals surface area (Å²) in [7, 11) is 0. The molecule has 2 atom stereocenters. The van der Waals surface area contributed by atoms with E-state index in [0.29, 0.717) is 11.9 Å². The second kappa shape index (κ2) is 3.08. The molecule has 0 aliphatic carbocycles. The average molecular weight is 167 g/mol. The van der Waals surface area contributed by atoms with E-state index in [4.69, 9.17) is 0 Å². The summed E-state index contributed by atoms with van der Waals surface area (Å²) in [5.41, 5.74) is 0. The monoisotopic (exact) mass is 167 g/mol. The number of fused-ring (bicyclic) bond motifs is 1. The van der Waals surface area contributed by atoms with Crippen LogP contribution in [-0.2, 0) is 4.79 Å². The van der Waals surface area contributed by atoms with Crippen LogP contribution in [0.5, 0.6) is 0 Å². The van der Waals surface area contributed by atoms with Gasteiger partial charge >= 0.3 is 0 Å². The number of piperidine rings is 1. The second-order valence-electron chi connectivity index (χ2n) is 4.08. The van der Waals surface area contributed by atoms with E-state index in [9.17, 15) is 4.79 Å². The molecule has 2 aliphatic heterocycles. The lowest BCUT2D eigenvalue weighted by molar-refractivity contribution is -0.130. The van der Waals surface area contributed by atoms with Gasteiger partial charge in [-0.2, -0.15) is 0 Å². The average Bonchev–Trinajstić information content (AvgIpc) is 2.47. The van der Waals surface area contributed by atoms with E-state index in [1.165, 1.54) is 19.3 Å². The highest BCUT2D eigenvalue weighted by atomic mass is 16.2. The molecule has 2 heterocycles. The summed E-state index contributed by atoms with van der Waals surface area (Å²) >= 11 is 0. The van der Waals surface area contributed by atoms with Gasteiger partial charge in [0.2, 0.25) is 5.91 Å². The highest BCUT2D eigenvalue weighted by molar-refractivity contribution is 5.78. The minimum atomic E-state index is 0.398. The van der Waals surface area contributed by atoms with Crippen molar-refractivity contribution in [3.8, 4) is 0 Å². The van der Waals surface area contributed by atoms with Crippen molar-refractivity contribution in [2.45, 2.75) is 45.1 Å². The van der Waals surface area contributed by atoms with Crippen LogP contribution in [-0.4, -0.2) is 23.4 Å². The van der Waals surface area contributed by atoms with Gasteiger partial charge < -0.3 is 4.90 Å². The molecule has 2 rings (SSSR count). The molecule has 0 aromatic carbocycles. The van der Waals surface area contributed by atoms with Gasteiger partial charge in [0.15, 0.2) is 0 Å². The van der Waals surface area contributed by atoms with Crippen LogP contribution in [0.4, 0.5) is 0 Å². The van der Waals surface area contributed by atoms with Crippen molar-refractivity contribution >= 4 is 5.91 Å². The molecule has 2 nitrogen and oxygen atoms in total. The Morgan fingerprint density at radius 3 is 3.08 bits per heavy atom. The normalized spacial score (nSPS) is 35.4. The van der Waals surface area contributed by atoms with Gasteiger partial charge in [0.25, 0.3) is 0 Å². The van der Waals surface area contributed by atoms with E-state index in [1.54, 1.807) is 0 Å². The second-order valence-corrected chi connectivity index (χ2v) is 4.08. The lowest BCUT2D eigenvalue weighted by Gasteiger charge is -2.34. The molecule has 2 heteroatoms. The van der Waals surface area contributed by atoms with Gasteiger partial charge in [-0.25, -0.2) is 0 Å². The molecule has 68 valence electrons. The van der Waals surface area contributed by atoms with Crippen LogP contribution in [0, 0.1) is 5.92 Å². The summed E-state index contributed by atoms with van der Waals surface area (Å²) in [5, 5.41) is 0. The summed E-state index contributed by atoms with van der Waals surface area (Å²) in [5.74, 6) is 1.28. The Hall–Kier alpha value is -0.530. The Kier molecular flexibility index (Phi) is 2.07. The van der Waals surface area contributed by atoms with Crippen LogP contribution in [0.3, 0.4) is 0 Å². The van der Waals surface area contributed by atoms with Crippen molar-refractivity contribution in [1.82, 2.24) is 4.90 Å². The Bertz CT molecular complexity index is 190. The molecule has 0 aromatic rings. The minimum Gasteiger partial charge on any atom is -0.340 e. The van der Waals surface area contributed by atoms with Crippen molar-refractivity contribution < 1.29 is 4.79 Å². The zero-order valence-electron chi connectivity index (χ0n) is 7.75. The Morgan fingerprint density at radius 1 is 1.50 bits per heavy atom. The van der Waals surface area contributed by atoms with E-state index in [0.717, 1.165) is 25.3 Å². The fraction of sp³-hybridized carbons (Fsp3) is 0.900. The molecule has 2 aliphatic rings. The first-order valence-electron chi connectivity index (χ1n) is 5.10. The van der Waals surface area contributed by atoms with Gasteiger partial charge in [0.1, 0.15) is 0 Å². The number of carbonyl (C=O) groups excluding carboxylic acids is 1. The van der Waals surface area contributed by atoms with E-state index in [-0.39, 0.29) is 0 Å². The number of rotatable bonds is 1. The zero-order chi connectivity index (χ0) is 8.55. The maximum atomic E-state index is 11.3. The minimum absolute atomic E-state index is 0.398. The van der Waals surface area contributed by atoms with E-state index in [1.807, 2.05) is 0 Å². The van der Waals surface area contributed by atoms with E-state index in [2.05, 4.69) is 11.8 Å². The lowest BCUT2D eigenvalue weighted by atomic mass is 9.89. The number of hydrogen-bond acceptors (Lipinski definition) is 1. The number of hydrogen-bond donors (Lipinski definition) is 0. The van der Waals surface area contributed by atoms with E-state index < -0.39 is 0 Å². The van der Waals surface area contributed by atoms with Crippen LogP contribution in [0.25, 0.3) is 0 Å². The van der Waals surface area contributed by atoms with Crippen molar-refractivity contribution in [3.63, 3.8) is 0 Å². The van der Waals surface area contributed by atoms with Crippen LogP contribution in [0.2, 0.25) is 0 Å². The molecule has 0 aromatic heterocycles. The Labute approximate surface area is 73.9 Å². The maximum Gasteiger partial charge on any atom is 0.222 e. The third-order valence-electron chi connectivity index (χ3n) is 3.41. The first-order valence-corrected chi connectivity index (χ1v) is 5.10. The molecule has 0 radical (unpaired) electrons. The quantitative estimate of drug-likeness (QED) is 0.583. The molecule has 2 saturated heterocycles. The SMILES string of the molecule is CC[C@H]1CCN2C(=O)CC[C@H]2C1. The predicted octanol–water partition coefficient (Wildman–Crippen LogP) is 1.80. The molecule has 12 heavy (non-hydrogen) atoms. The third kappa shape index (κ3) is 1.23. The molecule has 0 spiro atoms. The standard InChI is InChI=1S/C10H17NO/c1-2-8-5-6-11-9(7-8)3-4-10(11)12/h8-9H,2-7H2,1H3/t8-,9-/m0/s1. The van der Waals surface area contributed by atoms with Crippen LogP contribution in [0.15, 0.2) is 0 Å². The number of nitrogens with zero attached hydrogens (tertiary/aromatic N) is 1. The number of carbonyl (C=O) groups is 1. The first kappa shape index (κ1) is 8.09. The molecule has 0 bridgehead atoms. The maximum absolute atomic E-state index is 11.3. The van der Waals surface area contributed by atoms with Crippen molar-refractivity contribution in [3.05, 3.63) is 0 Å². The Morgan fingerprint density at radius 2 is 2.33 bits per heavy atom. The van der Waals surface area contributed by atoms with Gasteiger partial charge in [-0.3, -0.25) is 4.79 Å². The molecule has 1 amide bonds. The van der Waals surface area contributed by atoms with Crippen LogP contribution in [0.1, 0.15) is 39.0 Å². The van der Waals surface area contributed by atoms with Crippen molar-refractivity contribution in [2.75, 3.05) is 6.54 Å². The van der Waals surface area contributed by atoms with Gasteiger partial charge in [-0.1, -0.05) is 13.3 Å². The molecule has 2 fully saturated rings. The summed E-state index contributed by atoms with van der Waals surface area (Å²) in [6.07, 6.45) is 5.72. The highest BCUT2D eigenvalue weighted by Crippen LogP contribution is 2.32. The smallest absolute Gasteiger partial charge is 0.222 e.